The Balaban J connectivity index is 2.00. The van der Waals surface area contributed by atoms with Gasteiger partial charge < -0.3 is 15.5 Å². The maximum atomic E-state index is 13.8. The number of anilines is 1. The molecule has 0 saturated carbocycles. The molecule has 1 aliphatic rings. The van der Waals surface area contributed by atoms with Crippen molar-refractivity contribution in [3.63, 3.8) is 0 Å². The van der Waals surface area contributed by atoms with Crippen LogP contribution in [0.25, 0.3) is 0 Å². The van der Waals surface area contributed by atoms with Crippen molar-refractivity contribution >= 4 is 11.7 Å². The maximum absolute atomic E-state index is 13.8. The van der Waals surface area contributed by atoms with E-state index in [0.29, 0.717) is 12.5 Å². The molecule has 2 N–H and O–H groups in total. The van der Waals surface area contributed by atoms with Gasteiger partial charge in [0.25, 0.3) is 5.91 Å². The average molecular weight is 280 g/mol. The lowest BCUT2D eigenvalue weighted by molar-refractivity contribution is 0.0742. The Morgan fingerprint density at radius 3 is 2.85 bits per heavy atom. The Kier molecular flexibility index (Phi) is 4.54. The molecule has 1 saturated heterocycles. The van der Waals surface area contributed by atoms with Gasteiger partial charge in [0.05, 0.1) is 5.56 Å². The molecule has 20 heavy (non-hydrogen) atoms. The second-order valence-electron chi connectivity index (χ2n) is 5.49. The first-order valence-electron chi connectivity index (χ1n) is 6.83. The van der Waals surface area contributed by atoms with Crippen LogP contribution in [-0.2, 0) is 0 Å². The van der Waals surface area contributed by atoms with E-state index in [1.807, 2.05) is 0 Å². The van der Waals surface area contributed by atoms with Gasteiger partial charge in [0, 0.05) is 19.8 Å². The van der Waals surface area contributed by atoms with E-state index in [-0.39, 0.29) is 17.3 Å². The molecule has 2 rings (SSSR count). The highest BCUT2D eigenvalue weighted by Gasteiger charge is 2.23. The van der Waals surface area contributed by atoms with Gasteiger partial charge in [0.2, 0.25) is 0 Å². The van der Waals surface area contributed by atoms with Crippen molar-refractivity contribution < 1.29 is 9.18 Å². The Bertz CT molecular complexity index is 486. The molecule has 0 unspecified atom stereocenters. The molecule has 6 heteroatoms. The number of nitrogens with zero attached hydrogens (tertiary/aromatic N) is 3. The van der Waals surface area contributed by atoms with Crippen molar-refractivity contribution in [3.05, 3.63) is 23.6 Å². The van der Waals surface area contributed by atoms with Crippen LogP contribution in [0, 0.1) is 11.7 Å². The molecule has 1 aliphatic heterocycles. The lowest BCUT2D eigenvalue weighted by Crippen LogP contribution is -2.38. The van der Waals surface area contributed by atoms with Crippen LogP contribution in [0.15, 0.2) is 12.3 Å². The summed E-state index contributed by atoms with van der Waals surface area (Å²) in [5.41, 5.74) is 5.39. The van der Waals surface area contributed by atoms with Gasteiger partial charge in [-0.25, -0.2) is 9.37 Å². The monoisotopic (exact) mass is 280 g/mol. The van der Waals surface area contributed by atoms with Gasteiger partial charge in [-0.3, -0.25) is 4.79 Å². The highest BCUT2D eigenvalue weighted by molar-refractivity contribution is 5.94. The molecule has 110 valence electrons. The van der Waals surface area contributed by atoms with E-state index in [1.165, 1.54) is 12.3 Å². The number of carbonyl (C=O) groups is 1. The summed E-state index contributed by atoms with van der Waals surface area (Å²) >= 11 is 0. The number of likely N-dealkylation sites (tertiary alicyclic amines) is 1. The van der Waals surface area contributed by atoms with Crippen molar-refractivity contribution in [2.75, 3.05) is 39.5 Å². The number of nitrogens with two attached hydrogens (primary N) is 1. The lowest BCUT2D eigenvalue weighted by Gasteiger charge is -2.31. The fourth-order valence-electron chi connectivity index (χ4n) is 2.55. The zero-order valence-corrected chi connectivity index (χ0v) is 12.0. The fourth-order valence-corrected chi connectivity index (χ4v) is 2.55. The molecule has 0 spiro atoms. The molecule has 1 aromatic heterocycles. The topological polar surface area (TPSA) is 62.5 Å². The van der Waals surface area contributed by atoms with E-state index in [0.717, 1.165) is 25.9 Å². The number of carbonyl (C=O) groups excluding carboxylic acids is 1. The van der Waals surface area contributed by atoms with E-state index in [2.05, 4.69) is 16.9 Å². The van der Waals surface area contributed by atoms with Gasteiger partial charge in [0.15, 0.2) is 11.6 Å². The van der Waals surface area contributed by atoms with Crippen molar-refractivity contribution in [2.45, 2.75) is 12.8 Å². The molecule has 0 atom stereocenters. The minimum absolute atomic E-state index is 0.00655. The first kappa shape index (κ1) is 14.7. The molecule has 1 fully saturated rings. The molecular formula is C14H21FN4O. The van der Waals surface area contributed by atoms with Crippen LogP contribution in [0.4, 0.5) is 10.2 Å². The van der Waals surface area contributed by atoms with E-state index >= 15 is 0 Å². The number of aromatic nitrogens is 1. The standard InChI is InChI=1S/C14H21FN4O/c1-18-7-4-10(5-8-18)9-19(2)14(20)11-3-6-17-13(16)12(11)15/h3,6,10H,4-5,7-9H2,1-2H3,(H2,16,17). The van der Waals surface area contributed by atoms with Gasteiger partial charge in [-0.05, 0) is 45.0 Å². The molecule has 0 aromatic carbocycles. The maximum Gasteiger partial charge on any atom is 0.256 e. The summed E-state index contributed by atoms with van der Waals surface area (Å²) in [6, 6.07) is 1.37. The van der Waals surface area contributed by atoms with E-state index in [1.54, 1.807) is 11.9 Å². The van der Waals surface area contributed by atoms with Crippen molar-refractivity contribution in [1.82, 2.24) is 14.8 Å². The summed E-state index contributed by atoms with van der Waals surface area (Å²) in [4.78, 5) is 19.7. The van der Waals surface area contributed by atoms with Crippen LogP contribution in [0.5, 0.6) is 0 Å². The zero-order valence-electron chi connectivity index (χ0n) is 12.0. The summed E-state index contributed by atoms with van der Waals surface area (Å²) in [7, 11) is 3.80. The molecule has 1 amide bonds. The Morgan fingerprint density at radius 2 is 2.20 bits per heavy atom. The van der Waals surface area contributed by atoms with Crippen molar-refractivity contribution in [2.24, 2.45) is 5.92 Å². The Morgan fingerprint density at radius 1 is 1.55 bits per heavy atom. The molecule has 0 bridgehead atoms. The zero-order chi connectivity index (χ0) is 14.7. The summed E-state index contributed by atoms with van der Waals surface area (Å²) in [5.74, 6) is -0.825. The Hall–Kier alpha value is -1.69. The number of nitrogen functional groups attached to an aromatic ring is 1. The van der Waals surface area contributed by atoms with Crippen molar-refractivity contribution in [3.8, 4) is 0 Å². The largest absolute Gasteiger partial charge is 0.381 e. The second kappa shape index (κ2) is 6.17. The third-order valence-electron chi connectivity index (χ3n) is 3.86. The third-order valence-corrected chi connectivity index (χ3v) is 3.86. The van der Waals surface area contributed by atoms with E-state index < -0.39 is 5.82 Å². The number of piperidine rings is 1. The summed E-state index contributed by atoms with van der Waals surface area (Å²) in [5, 5.41) is 0. The van der Waals surface area contributed by atoms with Crippen LogP contribution in [0.1, 0.15) is 23.2 Å². The van der Waals surface area contributed by atoms with Gasteiger partial charge in [-0.1, -0.05) is 0 Å². The molecule has 2 heterocycles. The molecule has 5 nitrogen and oxygen atoms in total. The van der Waals surface area contributed by atoms with Crippen molar-refractivity contribution in [1.29, 1.82) is 0 Å². The number of amides is 1. The highest BCUT2D eigenvalue weighted by Crippen LogP contribution is 2.19. The first-order valence-corrected chi connectivity index (χ1v) is 6.83. The average Bonchev–Trinajstić information content (AvgIpc) is 2.43. The smallest absolute Gasteiger partial charge is 0.256 e. The number of pyridine rings is 1. The minimum atomic E-state index is -0.729. The number of rotatable bonds is 3. The van der Waals surface area contributed by atoms with E-state index in [4.69, 9.17) is 5.73 Å². The normalized spacial score (nSPS) is 17.1. The summed E-state index contributed by atoms with van der Waals surface area (Å²) < 4.78 is 13.8. The van der Waals surface area contributed by atoms with Crippen LogP contribution in [-0.4, -0.2) is 54.4 Å². The van der Waals surface area contributed by atoms with Crippen LogP contribution < -0.4 is 5.73 Å². The predicted octanol–water partition coefficient (Wildman–Crippen LogP) is 1.22. The SMILES string of the molecule is CN1CCC(CN(C)C(=O)c2ccnc(N)c2F)CC1. The van der Waals surface area contributed by atoms with Crippen LogP contribution >= 0.6 is 0 Å². The molecule has 0 aliphatic carbocycles. The van der Waals surface area contributed by atoms with Gasteiger partial charge in [0.1, 0.15) is 0 Å². The number of hydrogen-bond acceptors (Lipinski definition) is 4. The molecular weight excluding hydrogens is 259 g/mol. The van der Waals surface area contributed by atoms with Gasteiger partial charge in [-0.2, -0.15) is 0 Å². The van der Waals surface area contributed by atoms with Gasteiger partial charge >= 0.3 is 0 Å². The van der Waals surface area contributed by atoms with E-state index in [9.17, 15) is 9.18 Å². The summed E-state index contributed by atoms with van der Waals surface area (Å²) in [6.45, 7) is 2.74. The third kappa shape index (κ3) is 3.25. The second-order valence-corrected chi connectivity index (χ2v) is 5.49. The lowest BCUT2D eigenvalue weighted by atomic mass is 9.96. The molecule has 1 aromatic rings. The quantitative estimate of drug-likeness (QED) is 0.904. The highest BCUT2D eigenvalue weighted by atomic mass is 19.1. The molecule has 0 radical (unpaired) electrons. The minimum Gasteiger partial charge on any atom is -0.381 e. The van der Waals surface area contributed by atoms with Crippen LogP contribution in [0.2, 0.25) is 0 Å². The Labute approximate surface area is 118 Å². The number of hydrogen-bond donors (Lipinski definition) is 1. The van der Waals surface area contributed by atoms with Crippen LogP contribution in [0.3, 0.4) is 0 Å². The van der Waals surface area contributed by atoms with Gasteiger partial charge in [-0.15, -0.1) is 0 Å². The fraction of sp³-hybridized carbons (Fsp3) is 0.571. The first-order chi connectivity index (χ1) is 9.49. The number of halogens is 1. The predicted molar refractivity (Wildman–Crippen MR) is 75.8 cm³/mol. The summed E-state index contributed by atoms with van der Waals surface area (Å²) in [6.07, 6.45) is 3.49.